The van der Waals surface area contributed by atoms with Gasteiger partial charge < -0.3 is 15.0 Å². The minimum atomic E-state index is -0.0761. The molecule has 1 amide bonds. The molecule has 6 nitrogen and oxygen atoms in total. The van der Waals surface area contributed by atoms with Crippen LogP contribution >= 0.6 is 0 Å². The molecule has 1 aliphatic rings. The number of nitrogens with zero attached hydrogens (tertiary/aromatic N) is 3. The van der Waals surface area contributed by atoms with Crippen molar-refractivity contribution in [1.82, 2.24) is 14.9 Å². The molecule has 1 fully saturated rings. The van der Waals surface area contributed by atoms with Crippen LogP contribution in [0.1, 0.15) is 23.8 Å². The molecule has 0 bridgehead atoms. The lowest BCUT2D eigenvalue weighted by atomic mass is 10.3. The van der Waals surface area contributed by atoms with E-state index in [-0.39, 0.29) is 5.91 Å². The Bertz CT molecular complexity index is 388. The minimum absolute atomic E-state index is 0.0761. The molecule has 0 saturated carbocycles. The van der Waals surface area contributed by atoms with Gasteiger partial charge >= 0.3 is 0 Å². The third-order valence-corrected chi connectivity index (χ3v) is 2.73. The summed E-state index contributed by atoms with van der Waals surface area (Å²) in [5.74, 6) is 0.628. The van der Waals surface area contributed by atoms with Gasteiger partial charge in [0.2, 0.25) is 0 Å². The third kappa shape index (κ3) is 3.16. The molecule has 1 aromatic heterocycles. The molecule has 0 spiro atoms. The Morgan fingerprint density at radius 3 is 2.78 bits per heavy atom. The fourth-order valence-electron chi connectivity index (χ4n) is 1.71. The number of anilines is 1. The number of ether oxygens (including phenoxy) is 1. The average Bonchev–Trinajstić information content (AvgIpc) is 2.46. The zero-order valence-corrected chi connectivity index (χ0v) is 10.6. The lowest BCUT2D eigenvalue weighted by molar-refractivity contribution is 0.0298. The van der Waals surface area contributed by atoms with Crippen LogP contribution in [-0.2, 0) is 4.74 Å². The molecule has 98 valence electrons. The summed E-state index contributed by atoms with van der Waals surface area (Å²) in [6.45, 7) is 5.36. The van der Waals surface area contributed by atoms with Crippen molar-refractivity contribution in [1.29, 1.82) is 0 Å². The van der Waals surface area contributed by atoms with Gasteiger partial charge in [-0.2, -0.15) is 0 Å². The first kappa shape index (κ1) is 12.8. The van der Waals surface area contributed by atoms with E-state index in [0.717, 1.165) is 13.0 Å². The van der Waals surface area contributed by atoms with Crippen molar-refractivity contribution in [2.24, 2.45) is 0 Å². The van der Waals surface area contributed by atoms with Gasteiger partial charge in [-0.1, -0.05) is 6.92 Å². The molecule has 0 aromatic carbocycles. The first-order chi connectivity index (χ1) is 8.81. The molecule has 2 heterocycles. The number of nitrogens with one attached hydrogen (secondary N) is 1. The van der Waals surface area contributed by atoms with Crippen LogP contribution in [0.5, 0.6) is 0 Å². The summed E-state index contributed by atoms with van der Waals surface area (Å²) in [5.41, 5.74) is 0.388. The monoisotopic (exact) mass is 250 g/mol. The van der Waals surface area contributed by atoms with Gasteiger partial charge in [-0.3, -0.25) is 4.79 Å². The lowest BCUT2D eigenvalue weighted by Crippen LogP contribution is -2.41. The van der Waals surface area contributed by atoms with Crippen LogP contribution in [0.4, 0.5) is 5.82 Å². The summed E-state index contributed by atoms with van der Waals surface area (Å²) in [6, 6.07) is 0. The molecule has 1 aliphatic heterocycles. The highest BCUT2D eigenvalue weighted by Gasteiger charge is 2.19. The molecular formula is C12H18N4O2. The van der Waals surface area contributed by atoms with Crippen LogP contribution in [-0.4, -0.2) is 53.6 Å². The van der Waals surface area contributed by atoms with Crippen molar-refractivity contribution in [2.75, 3.05) is 38.2 Å². The Balaban J connectivity index is 1.97. The van der Waals surface area contributed by atoms with Crippen LogP contribution < -0.4 is 5.32 Å². The topological polar surface area (TPSA) is 67.4 Å². The maximum atomic E-state index is 12.1. The Morgan fingerprint density at radius 1 is 1.39 bits per heavy atom. The quantitative estimate of drug-likeness (QED) is 0.855. The average molecular weight is 250 g/mol. The van der Waals surface area contributed by atoms with Gasteiger partial charge in [0.05, 0.1) is 25.6 Å². The number of amides is 1. The van der Waals surface area contributed by atoms with Crippen LogP contribution in [0, 0.1) is 0 Å². The molecular weight excluding hydrogens is 232 g/mol. The van der Waals surface area contributed by atoms with Crippen LogP contribution in [0.15, 0.2) is 12.4 Å². The van der Waals surface area contributed by atoms with E-state index in [1.54, 1.807) is 11.1 Å². The van der Waals surface area contributed by atoms with Crippen molar-refractivity contribution in [2.45, 2.75) is 13.3 Å². The number of hydrogen-bond donors (Lipinski definition) is 1. The highest BCUT2D eigenvalue weighted by molar-refractivity contribution is 5.92. The summed E-state index contributed by atoms with van der Waals surface area (Å²) >= 11 is 0. The minimum Gasteiger partial charge on any atom is -0.378 e. The number of carbonyl (C=O) groups excluding carboxylic acids is 1. The largest absolute Gasteiger partial charge is 0.378 e. The SMILES string of the molecule is CCCNc1cnc(C(=O)N2CCOCC2)cn1. The number of aromatic nitrogens is 2. The van der Waals surface area contributed by atoms with Crippen LogP contribution in [0.25, 0.3) is 0 Å². The fraction of sp³-hybridized carbons (Fsp3) is 0.583. The Morgan fingerprint density at radius 2 is 2.17 bits per heavy atom. The van der Waals surface area contributed by atoms with E-state index in [0.29, 0.717) is 37.8 Å². The van der Waals surface area contributed by atoms with Gasteiger partial charge in [0.15, 0.2) is 0 Å². The number of hydrogen-bond acceptors (Lipinski definition) is 5. The second-order valence-corrected chi connectivity index (χ2v) is 4.12. The second kappa shape index (κ2) is 6.30. The van der Waals surface area contributed by atoms with Crippen molar-refractivity contribution < 1.29 is 9.53 Å². The highest BCUT2D eigenvalue weighted by atomic mass is 16.5. The van der Waals surface area contributed by atoms with Crippen LogP contribution in [0.2, 0.25) is 0 Å². The van der Waals surface area contributed by atoms with Gasteiger partial charge in [-0.25, -0.2) is 9.97 Å². The molecule has 0 atom stereocenters. The van der Waals surface area contributed by atoms with Gasteiger partial charge in [-0.15, -0.1) is 0 Å². The summed E-state index contributed by atoms with van der Waals surface area (Å²) < 4.78 is 5.21. The Kier molecular flexibility index (Phi) is 4.46. The van der Waals surface area contributed by atoms with Crippen molar-refractivity contribution in [3.63, 3.8) is 0 Å². The molecule has 0 aliphatic carbocycles. The standard InChI is InChI=1S/C12H18N4O2/c1-2-3-13-11-9-14-10(8-15-11)12(17)16-4-6-18-7-5-16/h8-9H,2-7H2,1H3,(H,13,15). The molecule has 0 radical (unpaired) electrons. The maximum absolute atomic E-state index is 12.1. The molecule has 0 unspecified atom stereocenters. The maximum Gasteiger partial charge on any atom is 0.274 e. The van der Waals surface area contributed by atoms with Crippen molar-refractivity contribution in [3.8, 4) is 0 Å². The number of morpholine rings is 1. The van der Waals surface area contributed by atoms with E-state index in [1.165, 1.54) is 6.20 Å². The smallest absolute Gasteiger partial charge is 0.274 e. The summed E-state index contributed by atoms with van der Waals surface area (Å²) in [5, 5.41) is 3.12. The third-order valence-electron chi connectivity index (χ3n) is 2.73. The summed E-state index contributed by atoms with van der Waals surface area (Å²) in [6.07, 6.45) is 4.15. The first-order valence-electron chi connectivity index (χ1n) is 6.24. The lowest BCUT2D eigenvalue weighted by Gasteiger charge is -2.26. The van der Waals surface area contributed by atoms with Gasteiger partial charge in [-0.05, 0) is 6.42 Å². The van der Waals surface area contributed by atoms with E-state index in [1.807, 2.05) is 0 Å². The van der Waals surface area contributed by atoms with E-state index in [2.05, 4.69) is 22.2 Å². The van der Waals surface area contributed by atoms with E-state index in [9.17, 15) is 4.79 Å². The van der Waals surface area contributed by atoms with E-state index in [4.69, 9.17) is 4.74 Å². The molecule has 2 rings (SSSR count). The second-order valence-electron chi connectivity index (χ2n) is 4.12. The highest BCUT2D eigenvalue weighted by Crippen LogP contribution is 2.06. The zero-order chi connectivity index (χ0) is 12.8. The summed E-state index contributed by atoms with van der Waals surface area (Å²) in [4.78, 5) is 22.1. The predicted octanol–water partition coefficient (Wildman–Crippen LogP) is 0.771. The first-order valence-corrected chi connectivity index (χ1v) is 6.24. The molecule has 1 aromatic rings. The van der Waals surface area contributed by atoms with Gasteiger partial charge in [0, 0.05) is 19.6 Å². The van der Waals surface area contributed by atoms with Crippen molar-refractivity contribution >= 4 is 11.7 Å². The van der Waals surface area contributed by atoms with Crippen LogP contribution in [0.3, 0.4) is 0 Å². The summed E-state index contributed by atoms with van der Waals surface area (Å²) in [7, 11) is 0. The molecule has 1 saturated heterocycles. The Labute approximate surface area is 106 Å². The predicted molar refractivity (Wildman–Crippen MR) is 67.5 cm³/mol. The normalized spacial score (nSPS) is 15.5. The van der Waals surface area contributed by atoms with Gasteiger partial charge in [0.25, 0.3) is 5.91 Å². The molecule has 18 heavy (non-hydrogen) atoms. The van der Waals surface area contributed by atoms with Gasteiger partial charge in [0.1, 0.15) is 11.5 Å². The molecule has 6 heteroatoms. The molecule has 1 N–H and O–H groups in total. The number of carbonyl (C=O) groups is 1. The van der Waals surface area contributed by atoms with Crippen molar-refractivity contribution in [3.05, 3.63) is 18.1 Å². The van der Waals surface area contributed by atoms with E-state index < -0.39 is 0 Å². The zero-order valence-electron chi connectivity index (χ0n) is 10.6. The fourth-order valence-corrected chi connectivity index (χ4v) is 1.71. The number of rotatable bonds is 4. The van der Waals surface area contributed by atoms with E-state index >= 15 is 0 Å². The Hall–Kier alpha value is -1.69.